The lowest BCUT2D eigenvalue weighted by Crippen LogP contribution is -2.41. The van der Waals surface area contributed by atoms with Gasteiger partial charge in [-0.05, 0) is 32.9 Å². The molecule has 1 fully saturated rings. The zero-order chi connectivity index (χ0) is 9.68. The van der Waals surface area contributed by atoms with Gasteiger partial charge in [0.05, 0.1) is 6.04 Å². The van der Waals surface area contributed by atoms with Crippen LogP contribution in [0.4, 0.5) is 0 Å². The second kappa shape index (κ2) is 4.88. The molecule has 0 saturated carbocycles. The molecule has 1 heterocycles. The van der Waals surface area contributed by atoms with Crippen LogP contribution in [0.25, 0.3) is 0 Å². The number of rotatable bonds is 2. The Hall–Kier alpha value is -1.01. The maximum Gasteiger partial charge on any atom is 0.224 e. The Morgan fingerprint density at radius 1 is 1.62 bits per heavy atom. The molecule has 1 saturated heterocycles. The molecule has 0 aliphatic carbocycles. The minimum absolute atomic E-state index is 0.104. The van der Waals surface area contributed by atoms with Crippen molar-refractivity contribution in [2.24, 2.45) is 5.92 Å². The third kappa shape index (κ3) is 3.08. The smallest absolute Gasteiger partial charge is 0.224 e. The molecule has 1 rings (SSSR count). The van der Waals surface area contributed by atoms with Gasteiger partial charge in [0.25, 0.3) is 0 Å². The van der Waals surface area contributed by atoms with Crippen LogP contribution in [-0.2, 0) is 4.79 Å². The van der Waals surface area contributed by atoms with Gasteiger partial charge >= 0.3 is 0 Å². The van der Waals surface area contributed by atoms with E-state index in [1.807, 2.05) is 6.92 Å². The van der Waals surface area contributed by atoms with Crippen LogP contribution in [0, 0.1) is 18.3 Å². The van der Waals surface area contributed by atoms with Crippen LogP contribution in [0.1, 0.15) is 19.8 Å². The predicted octanol–water partition coefficient (Wildman–Crippen LogP) is 0.124. The van der Waals surface area contributed by atoms with E-state index in [1.54, 1.807) is 0 Å². The molecule has 1 aliphatic heterocycles. The van der Waals surface area contributed by atoms with Crippen LogP contribution in [0.3, 0.4) is 0 Å². The van der Waals surface area contributed by atoms with Gasteiger partial charge in [0.15, 0.2) is 0 Å². The monoisotopic (exact) mass is 180 g/mol. The number of carbonyl (C=O) groups is 1. The first-order valence-electron chi connectivity index (χ1n) is 4.71. The van der Waals surface area contributed by atoms with Crippen molar-refractivity contribution in [3.05, 3.63) is 0 Å². The van der Waals surface area contributed by atoms with Crippen molar-refractivity contribution in [3.8, 4) is 12.3 Å². The van der Waals surface area contributed by atoms with Gasteiger partial charge in [0.2, 0.25) is 5.91 Å². The molecule has 0 bridgehead atoms. The highest BCUT2D eigenvalue weighted by Gasteiger charge is 2.21. The van der Waals surface area contributed by atoms with Gasteiger partial charge in [-0.2, -0.15) is 0 Å². The fraction of sp³-hybridized carbons (Fsp3) is 0.700. The summed E-state index contributed by atoms with van der Waals surface area (Å²) >= 11 is 0. The predicted molar refractivity (Wildman–Crippen MR) is 52.0 cm³/mol. The minimum Gasteiger partial charge on any atom is -0.343 e. The molecule has 0 aromatic carbocycles. The Balaban J connectivity index is 2.34. The highest BCUT2D eigenvalue weighted by molar-refractivity contribution is 5.79. The number of terminal acetylenes is 1. The van der Waals surface area contributed by atoms with Crippen molar-refractivity contribution in [2.45, 2.75) is 25.8 Å². The Kier molecular flexibility index (Phi) is 3.78. The minimum atomic E-state index is -0.151. The molecule has 1 aliphatic rings. The van der Waals surface area contributed by atoms with E-state index < -0.39 is 0 Å². The topological polar surface area (TPSA) is 41.1 Å². The third-order valence-corrected chi connectivity index (χ3v) is 2.32. The lowest BCUT2D eigenvalue weighted by molar-refractivity contribution is -0.126. The lowest BCUT2D eigenvalue weighted by Gasteiger charge is -2.22. The highest BCUT2D eigenvalue weighted by atomic mass is 16.1. The molecule has 72 valence electrons. The van der Waals surface area contributed by atoms with Crippen molar-refractivity contribution in [1.82, 2.24) is 10.6 Å². The van der Waals surface area contributed by atoms with Gasteiger partial charge in [-0.15, -0.1) is 6.42 Å². The van der Waals surface area contributed by atoms with Crippen LogP contribution in [-0.4, -0.2) is 25.0 Å². The summed E-state index contributed by atoms with van der Waals surface area (Å²) in [6.45, 7) is 3.68. The second-order valence-electron chi connectivity index (χ2n) is 3.42. The van der Waals surface area contributed by atoms with Crippen molar-refractivity contribution in [3.63, 3.8) is 0 Å². The first-order valence-corrected chi connectivity index (χ1v) is 4.71. The number of amides is 1. The van der Waals surface area contributed by atoms with Gasteiger partial charge < -0.3 is 10.6 Å². The molecule has 1 amide bonds. The molecule has 2 N–H and O–H groups in total. The largest absolute Gasteiger partial charge is 0.343 e. The maximum atomic E-state index is 11.5. The molecule has 0 aromatic rings. The molecular formula is C10H16N2O. The highest BCUT2D eigenvalue weighted by Crippen LogP contribution is 2.11. The summed E-state index contributed by atoms with van der Waals surface area (Å²) in [6, 6.07) is -0.151. The van der Waals surface area contributed by atoms with E-state index in [0.717, 1.165) is 25.9 Å². The molecule has 1 atom stereocenters. The molecule has 0 aromatic heterocycles. The van der Waals surface area contributed by atoms with E-state index in [1.165, 1.54) is 0 Å². The van der Waals surface area contributed by atoms with Gasteiger partial charge in [0, 0.05) is 5.92 Å². The van der Waals surface area contributed by atoms with Crippen LogP contribution in [0.5, 0.6) is 0 Å². The van der Waals surface area contributed by atoms with Crippen LogP contribution in [0.2, 0.25) is 0 Å². The Labute approximate surface area is 79.3 Å². The molecule has 3 heteroatoms. The van der Waals surface area contributed by atoms with Gasteiger partial charge in [-0.3, -0.25) is 4.79 Å². The summed E-state index contributed by atoms with van der Waals surface area (Å²) in [5, 5.41) is 6.01. The van der Waals surface area contributed by atoms with Crippen LogP contribution >= 0.6 is 0 Å². The van der Waals surface area contributed by atoms with Gasteiger partial charge in [-0.25, -0.2) is 0 Å². The normalized spacial score (nSPS) is 20.3. The molecule has 0 spiro atoms. The van der Waals surface area contributed by atoms with E-state index >= 15 is 0 Å². The van der Waals surface area contributed by atoms with E-state index in [9.17, 15) is 4.79 Å². The third-order valence-electron chi connectivity index (χ3n) is 2.32. The summed E-state index contributed by atoms with van der Waals surface area (Å²) in [6.07, 6.45) is 7.01. The quantitative estimate of drug-likeness (QED) is 0.593. The standard InChI is InChI=1S/C10H16N2O/c1-3-8(2)12-10(13)9-4-6-11-7-5-9/h1,8-9,11H,4-7H2,2H3,(H,12,13). The molecular weight excluding hydrogens is 164 g/mol. The summed E-state index contributed by atoms with van der Waals surface area (Å²) in [7, 11) is 0. The zero-order valence-electron chi connectivity index (χ0n) is 7.97. The summed E-state index contributed by atoms with van der Waals surface area (Å²) in [5.41, 5.74) is 0. The van der Waals surface area contributed by atoms with Gasteiger partial charge in [-0.1, -0.05) is 5.92 Å². The van der Waals surface area contributed by atoms with Gasteiger partial charge in [0.1, 0.15) is 0 Å². The van der Waals surface area contributed by atoms with E-state index in [0.29, 0.717) is 0 Å². The Morgan fingerprint density at radius 3 is 2.77 bits per heavy atom. The average Bonchev–Trinajstić information content (AvgIpc) is 2.19. The number of piperidine rings is 1. The van der Waals surface area contributed by atoms with Crippen molar-refractivity contribution in [1.29, 1.82) is 0 Å². The van der Waals surface area contributed by atoms with E-state index in [4.69, 9.17) is 6.42 Å². The molecule has 3 nitrogen and oxygen atoms in total. The molecule has 13 heavy (non-hydrogen) atoms. The maximum absolute atomic E-state index is 11.5. The van der Waals surface area contributed by atoms with E-state index in [-0.39, 0.29) is 17.9 Å². The van der Waals surface area contributed by atoms with Crippen LogP contribution in [0.15, 0.2) is 0 Å². The molecule has 0 radical (unpaired) electrons. The summed E-state index contributed by atoms with van der Waals surface area (Å²) in [5.74, 6) is 2.74. The van der Waals surface area contributed by atoms with Crippen molar-refractivity contribution in [2.75, 3.05) is 13.1 Å². The second-order valence-corrected chi connectivity index (χ2v) is 3.42. The summed E-state index contributed by atoms with van der Waals surface area (Å²) in [4.78, 5) is 11.5. The Morgan fingerprint density at radius 2 is 2.23 bits per heavy atom. The Bertz CT molecular complexity index is 213. The first-order chi connectivity index (χ1) is 6.24. The SMILES string of the molecule is C#CC(C)NC(=O)C1CCNCC1. The number of hydrogen-bond acceptors (Lipinski definition) is 2. The number of hydrogen-bond donors (Lipinski definition) is 2. The van der Waals surface area contributed by atoms with E-state index in [2.05, 4.69) is 16.6 Å². The van der Waals surface area contributed by atoms with Crippen LogP contribution < -0.4 is 10.6 Å². The number of carbonyl (C=O) groups excluding carboxylic acids is 1. The van der Waals surface area contributed by atoms with Crippen molar-refractivity contribution >= 4 is 5.91 Å². The fourth-order valence-corrected chi connectivity index (χ4v) is 1.46. The first kappa shape index (κ1) is 10.1. The lowest BCUT2D eigenvalue weighted by atomic mass is 9.97. The number of nitrogens with one attached hydrogen (secondary N) is 2. The fourth-order valence-electron chi connectivity index (χ4n) is 1.46. The summed E-state index contributed by atoms with van der Waals surface area (Å²) < 4.78 is 0. The zero-order valence-corrected chi connectivity index (χ0v) is 7.97. The van der Waals surface area contributed by atoms with Crippen molar-refractivity contribution < 1.29 is 4.79 Å². The average molecular weight is 180 g/mol. The molecule has 1 unspecified atom stereocenters.